The van der Waals surface area contributed by atoms with E-state index >= 15 is 0 Å². The SMILES string of the molecule is Cc1c(C)c2c(c(C)c1Br)NC(=O)CO2. The van der Waals surface area contributed by atoms with E-state index in [1.54, 1.807) is 0 Å². The van der Waals surface area contributed by atoms with Gasteiger partial charge < -0.3 is 10.1 Å². The highest BCUT2D eigenvalue weighted by atomic mass is 79.9. The number of carbonyl (C=O) groups is 1. The highest BCUT2D eigenvalue weighted by molar-refractivity contribution is 9.10. The summed E-state index contributed by atoms with van der Waals surface area (Å²) in [6.45, 7) is 6.10. The van der Waals surface area contributed by atoms with Gasteiger partial charge in [-0.1, -0.05) is 15.9 Å². The molecule has 0 aliphatic carbocycles. The maximum absolute atomic E-state index is 11.2. The Balaban J connectivity index is 2.70. The molecule has 0 spiro atoms. The molecule has 1 aliphatic rings. The molecule has 0 radical (unpaired) electrons. The van der Waals surface area contributed by atoms with Gasteiger partial charge in [0.25, 0.3) is 5.91 Å². The Morgan fingerprint density at radius 3 is 2.53 bits per heavy atom. The normalized spacial score (nSPS) is 14.3. The van der Waals surface area contributed by atoms with E-state index in [0.717, 1.165) is 32.6 Å². The molecule has 80 valence electrons. The van der Waals surface area contributed by atoms with E-state index in [9.17, 15) is 4.79 Å². The zero-order valence-corrected chi connectivity index (χ0v) is 10.5. The first kappa shape index (κ1) is 10.5. The standard InChI is InChI=1S/C11H12BrNO2/c1-5-6(2)11-10(7(3)9(5)12)13-8(14)4-15-11/h4H2,1-3H3,(H,13,14). The third-order valence-corrected chi connectivity index (χ3v) is 3.97. The predicted molar refractivity (Wildman–Crippen MR) is 62.5 cm³/mol. The summed E-state index contributed by atoms with van der Waals surface area (Å²) in [5, 5.41) is 2.84. The van der Waals surface area contributed by atoms with Crippen LogP contribution in [0.1, 0.15) is 16.7 Å². The lowest BCUT2D eigenvalue weighted by atomic mass is 10.0. The summed E-state index contributed by atoms with van der Waals surface area (Å²) < 4.78 is 6.48. The first-order chi connectivity index (χ1) is 7.02. The van der Waals surface area contributed by atoms with Gasteiger partial charge in [0, 0.05) is 4.47 Å². The molecule has 0 saturated heterocycles. The number of benzene rings is 1. The average Bonchev–Trinajstić information content (AvgIpc) is 2.23. The summed E-state index contributed by atoms with van der Waals surface area (Å²) in [6.07, 6.45) is 0. The van der Waals surface area contributed by atoms with Crippen molar-refractivity contribution in [3.63, 3.8) is 0 Å². The van der Waals surface area contributed by atoms with Gasteiger partial charge in [-0.2, -0.15) is 0 Å². The van der Waals surface area contributed by atoms with Crippen LogP contribution in [0.5, 0.6) is 5.75 Å². The lowest BCUT2D eigenvalue weighted by molar-refractivity contribution is -0.118. The van der Waals surface area contributed by atoms with Gasteiger partial charge in [-0.25, -0.2) is 0 Å². The summed E-state index contributed by atoms with van der Waals surface area (Å²) >= 11 is 3.52. The second-order valence-electron chi connectivity index (χ2n) is 3.73. The molecule has 1 amide bonds. The number of halogens is 1. The molecular weight excluding hydrogens is 258 g/mol. The van der Waals surface area contributed by atoms with Crippen LogP contribution < -0.4 is 10.1 Å². The Morgan fingerprint density at radius 1 is 1.20 bits per heavy atom. The molecule has 0 bridgehead atoms. The van der Waals surface area contributed by atoms with Crippen molar-refractivity contribution in [2.24, 2.45) is 0 Å². The molecule has 1 aromatic rings. The minimum atomic E-state index is -0.0965. The molecule has 0 fully saturated rings. The second kappa shape index (κ2) is 3.52. The highest BCUT2D eigenvalue weighted by Gasteiger charge is 2.23. The van der Waals surface area contributed by atoms with Gasteiger partial charge in [0.15, 0.2) is 6.61 Å². The minimum Gasteiger partial charge on any atom is -0.481 e. The summed E-state index contributed by atoms with van der Waals surface area (Å²) in [6, 6.07) is 0. The van der Waals surface area contributed by atoms with Crippen LogP contribution in [0.3, 0.4) is 0 Å². The first-order valence-corrected chi connectivity index (χ1v) is 5.53. The number of hydrogen-bond donors (Lipinski definition) is 1. The van der Waals surface area contributed by atoms with E-state index in [1.807, 2.05) is 20.8 Å². The molecule has 1 heterocycles. The first-order valence-electron chi connectivity index (χ1n) is 4.74. The molecule has 1 N–H and O–H groups in total. The monoisotopic (exact) mass is 269 g/mol. The second-order valence-corrected chi connectivity index (χ2v) is 4.52. The number of carbonyl (C=O) groups excluding carboxylic acids is 1. The van der Waals surface area contributed by atoms with Crippen molar-refractivity contribution in [2.75, 3.05) is 11.9 Å². The molecule has 1 aromatic carbocycles. The molecule has 2 rings (SSSR count). The van der Waals surface area contributed by atoms with Gasteiger partial charge in [-0.05, 0) is 37.5 Å². The number of nitrogens with one attached hydrogen (secondary N) is 1. The topological polar surface area (TPSA) is 38.3 Å². The van der Waals surface area contributed by atoms with Gasteiger partial charge in [0.2, 0.25) is 0 Å². The van der Waals surface area contributed by atoms with Crippen LogP contribution in [-0.2, 0) is 4.79 Å². The minimum absolute atomic E-state index is 0.0965. The van der Waals surface area contributed by atoms with Gasteiger partial charge in [-0.15, -0.1) is 0 Å². The van der Waals surface area contributed by atoms with Crippen molar-refractivity contribution in [3.05, 3.63) is 21.2 Å². The number of hydrogen-bond acceptors (Lipinski definition) is 2. The summed E-state index contributed by atoms with van der Waals surface area (Å²) in [5.74, 6) is 0.702. The molecule has 0 saturated carbocycles. The largest absolute Gasteiger partial charge is 0.481 e. The molecule has 4 heteroatoms. The lowest BCUT2D eigenvalue weighted by Crippen LogP contribution is -2.26. The van der Waals surface area contributed by atoms with Crippen LogP contribution >= 0.6 is 15.9 Å². The van der Waals surface area contributed by atoms with E-state index in [0.29, 0.717) is 0 Å². The molecule has 0 atom stereocenters. The number of anilines is 1. The Hall–Kier alpha value is -1.03. The third kappa shape index (κ3) is 1.53. The van der Waals surface area contributed by atoms with Gasteiger partial charge in [-0.3, -0.25) is 4.79 Å². The lowest BCUT2D eigenvalue weighted by Gasteiger charge is -2.24. The fourth-order valence-corrected chi connectivity index (χ4v) is 2.22. The molecule has 3 nitrogen and oxygen atoms in total. The van der Waals surface area contributed by atoms with E-state index < -0.39 is 0 Å². The van der Waals surface area contributed by atoms with E-state index in [-0.39, 0.29) is 12.5 Å². The van der Waals surface area contributed by atoms with Crippen LogP contribution in [0.2, 0.25) is 0 Å². The molecule has 1 aliphatic heterocycles. The Morgan fingerprint density at radius 2 is 1.87 bits per heavy atom. The van der Waals surface area contributed by atoms with Crippen molar-refractivity contribution in [1.82, 2.24) is 0 Å². The smallest absolute Gasteiger partial charge is 0.262 e. The predicted octanol–water partition coefficient (Wildman–Crippen LogP) is 2.71. The number of rotatable bonds is 0. The quantitative estimate of drug-likeness (QED) is 0.787. The summed E-state index contributed by atoms with van der Waals surface area (Å²) in [5.41, 5.74) is 4.03. The molecule has 0 aromatic heterocycles. The van der Waals surface area contributed by atoms with Gasteiger partial charge in [0.1, 0.15) is 5.75 Å². The van der Waals surface area contributed by atoms with E-state index in [1.165, 1.54) is 0 Å². The van der Waals surface area contributed by atoms with Crippen molar-refractivity contribution < 1.29 is 9.53 Å². The molecule has 15 heavy (non-hydrogen) atoms. The van der Waals surface area contributed by atoms with Crippen molar-refractivity contribution >= 4 is 27.5 Å². The zero-order chi connectivity index (χ0) is 11.2. The maximum Gasteiger partial charge on any atom is 0.262 e. The summed E-state index contributed by atoms with van der Waals surface area (Å²) in [4.78, 5) is 11.2. The van der Waals surface area contributed by atoms with Crippen LogP contribution in [0.4, 0.5) is 5.69 Å². The van der Waals surface area contributed by atoms with Crippen LogP contribution in [0.25, 0.3) is 0 Å². The van der Waals surface area contributed by atoms with Crippen molar-refractivity contribution in [3.8, 4) is 5.75 Å². The Bertz CT molecular complexity index is 455. The van der Waals surface area contributed by atoms with Gasteiger partial charge in [0.05, 0.1) is 5.69 Å². The van der Waals surface area contributed by atoms with Crippen molar-refractivity contribution in [2.45, 2.75) is 20.8 Å². The zero-order valence-electron chi connectivity index (χ0n) is 8.90. The average molecular weight is 270 g/mol. The molecular formula is C11H12BrNO2. The Labute approximate surface area is 96.9 Å². The molecule has 0 unspecified atom stereocenters. The van der Waals surface area contributed by atoms with Gasteiger partial charge >= 0.3 is 0 Å². The number of ether oxygens (including phenoxy) is 1. The highest BCUT2D eigenvalue weighted by Crippen LogP contribution is 2.41. The fourth-order valence-electron chi connectivity index (χ4n) is 1.73. The van der Waals surface area contributed by atoms with E-state index in [2.05, 4.69) is 21.2 Å². The van der Waals surface area contributed by atoms with Crippen molar-refractivity contribution in [1.29, 1.82) is 0 Å². The fraction of sp³-hybridized carbons (Fsp3) is 0.364. The van der Waals surface area contributed by atoms with Crippen LogP contribution in [0, 0.1) is 20.8 Å². The number of amides is 1. The number of fused-ring (bicyclic) bond motifs is 1. The third-order valence-electron chi connectivity index (χ3n) is 2.78. The van der Waals surface area contributed by atoms with Crippen LogP contribution in [-0.4, -0.2) is 12.5 Å². The Kier molecular flexibility index (Phi) is 2.46. The summed E-state index contributed by atoms with van der Waals surface area (Å²) in [7, 11) is 0. The maximum atomic E-state index is 11.2. The van der Waals surface area contributed by atoms with E-state index in [4.69, 9.17) is 4.74 Å². The van der Waals surface area contributed by atoms with Crippen LogP contribution in [0.15, 0.2) is 4.47 Å².